The van der Waals surface area contributed by atoms with Gasteiger partial charge >= 0.3 is 0 Å². The van der Waals surface area contributed by atoms with E-state index in [1.807, 2.05) is 0 Å². The molecule has 2 fully saturated rings. The molecule has 3 heteroatoms. The Kier molecular flexibility index (Phi) is 7.20. The molecule has 2 aliphatic rings. The third kappa shape index (κ3) is 4.92. The van der Waals surface area contributed by atoms with Gasteiger partial charge in [0.25, 0.3) is 0 Å². The summed E-state index contributed by atoms with van der Waals surface area (Å²) >= 11 is 2.14. The molecule has 3 unspecified atom stereocenters. The fourth-order valence-corrected chi connectivity index (χ4v) is 4.88. The van der Waals surface area contributed by atoms with Crippen molar-refractivity contribution in [3.63, 3.8) is 0 Å². The van der Waals surface area contributed by atoms with E-state index in [-0.39, 0.29) is 0 Å². The van der Waals surface area contributed by atoms with E-state index in [1.165, 1.54) is 56.8 Å². The topological polar surface area (TPSA) is 15.3 Å². The van der Waals surface area contributed by atoms with Gasteiger partial charge in [-0.25, -0.2) is 0 Å². The van der Waals surface area contributed by atoms with Crippen molar-refractivity contribution in [3.05, 3.63) is 0 Å². The van der Waals surface area contributed by atoms with Gasteiger partial charge in [-0.3, -0.25) is 0 Å². The molecule has 0 aromatic heterocycles. The van der Waals surface area contributed by atoms with E-state index >= 15 is 0 Å². The summed E-state index contributed by atoms with van der Waals surface area (Å²) in [6.45, 7) is 12.2. The molecule has 0 aromatic rings. The summed E-state index contributed by atoms with van der Waals surface area (Å²) in [5.41, 5.74) is 0. The highest BCUT2D eigenvalue weighted by molar-refractivity contribution is 7.99. The van der Waals surface area contributed by atoms with Gasteiger partial charge in [0.1, 0.15) is 0 Å². The summed E-state index contributed by atoms with van der Waals surface area (Å²) in [6, 6.07) is 0.769. The van der Waals surface area contributed by atoms with E-state index in [0.29, 0.717) is 0 Å². The van der Waals surface area contributed by atoms with Gasteiger partial charge in [-0.2, -0.15) is 11.8 Å². The molecule has 1 aliphatic carbocycles. The smallest absolute Gasteiger partial charge is 0.0108 e. The molecular formula is C17H34N2S. The van der Waals surface area contributed by atoms with Crippen LogP contribution in [0, 0.1) is 17.8 Å². The van der Waals surface area contributed by atoms with Gasteiger partial charge in [0.2, 0.25) is 0 Å². The zero-order chi connectivity index (χ0) is 14.4. The van der Waals surface area contributed by atoms with Crippen LogP contribution in [-0.4, -0.2) is 48.6 Å². The Morgan fingerprint density at radius 2 is 2.05 bits per heavy atom. The molecule has 0 bridgehead atoms. The van der Waals surface area contributed by atoms with E-state index in [9.17, 15) is 0 Å². The van der Waals surface area contributed by atoms with Crippen molar-refractivity contribution in [3.8, 4) is 0 Å². The average molecular weight is 299 g/mol. The van der Waals surface area contributed by atoms with Gasteiger partial charge < -0.3 is 10.2 Å². The molecule has 1 saturated heterocycles. The minimum atomic E-state index is 0.769. The molecule has 118 valence electrons. The van der Waals surface area contributed by atoms with Crippen LogP contribution in [0.25, 0.3) is 0 Å². The highest BCUT2D eigenvalue weighted by Gasteiger charge is 2.32. The zero-order valence-electron chi connectivity index (χ0n) is 13.7. The molecule has 0 amide bonds. The third-order valence-electron chi connectivity index (χ3n) is 5.24. The number of nitrogens with one attached hydrogen (secondary N) is 1. The van der Waals surface area contributed by atoms with Crippen molar-refractivity contribution in [2.75, 3.05) is 37.7 Å². The normalized spacial score (nSPS) is 33.3. The molecule has 1 aliphatic heterocycles. The predicted octanol–water partition coefficient (Wildman–Crippen LogP) is 3.48. The van der Waals surface area contributed by atoms with Crippen LogP contribution >= 0.6 is 11.8 Å². The summed E-state index contributed by atoms with van der Waals surface area (Å²) in [6.07, 6.45) is 5.65. The average Bonchev–Trinajstić information content (AvgIpc) is 2.69. The SMILES string of the molecule is CCNC1CCC(C(C)C)CC1CN1CCCSCC1. The minimum absolute atomic E-state index is 0.769. The molecule has 0 aromatic carbocycles. The molecule has 1 N–H and O–H groups in total. The lowest BCUT2D eigenvalue weighted by atomic mass is 9.73. The maximum atomic E-state index is 3.77. The van der Waals surface area contributed by atoms with Crippen molar-refractivity contribution in [2.45, 2.75) is 52.5 Å². The first kappa shape index (κ1) is 16.6. The fourth-order valence-electron chi connectivity index (χ4n) is 3.95. The lowest BCUT2D eigenvalue weighted by Crippen LogP contribution is -2.46. The van der Waals surface area contributed by atoms with E-state index in [2.05, 4.69) is 42.7 Å². The van der Waals surface area contributed by atoms with E-state index in [4.69, 9.17) is 0 Å². The van der Waals surface area contributed by atoms with Crippen LogP contribution in [0.15, 0.2) is 0 Å². The lowest BCUT2D eigenvalue weighted by Gasteiger charge is -2.40. The van der Waals surface area contributed by atoms with Crippen LogP contribution in [0.3, 0.4) is 0 Å². The number of thioether (sulfide) groups is 1. The first-order valence-corrected chi connectivity index (χ1v) is 9.89. The second-order valence-corrected chi connectivity index (χ2v) is 8.23. The molecule has 0 radical (unpaired) electrons. The molecular weight excluding hydrogens is 264 g/mol. The highest BCUT2D eigenvalue weighted by atomic mass is 32.2. The van der Waals surface area contributed by atoms with E-state index in [0.717, 1.165) is 30.3 Å². The number of rotatable bonds is 5. The second kappa shape index (κ2) is 8.65. The molecule has 1 saturated carbocycles. The van der Waals surface area contributed by atoms with Gasteiger partial charge in [-0.1, -0.05) is 20.8 Å². The Bertz CT molecular complexity index is 262. The van der Waals surface area contributed by atoms with Crippen molar-refractivity contribution in [1.82, 2.24) is 10.2 Å². The van der Waals surface area contributed by atoms with Gasteiger partial charge in [-0.05, 0) is 62.3 Å². The zero-order valence-corrected chi connectivity index (χ0v) is 14.6. The first-order valence-electron chi connectivity index (χ1n) is 8.74. The van der Waals surface area contributed by atoms with Crippen LogP contribution in [-0.2, 0) is 0 Å². The Labute approximate surface area is 130 Å². The van der Waals surface area contributed by atoms with Crippen LogP contribution in [0.5, 0.6) is 0 Å². The molecule has 2 rings (SSSR count). The standard InChI is InChI=1S/C17H34N2S/c1-4-18-17-7-6-15(14(2)3)12-16(17)13-19-8-5-10-20-11-9-19/h14-18H,4-13H2,1-3H3. The maximum absolute atomic E-state index is 3.77. The van der Waals surface area contributed by atoms with Crippen molar-refractivity contribution >= 4 is 11.8 Å². The summed E-state index contributed by atoms with van der Waals surface area (Å²) in [7, 11) is 0. The molecule has 3 atom stereocenters. The largest absolute Gasteiger partial charge is 0.314 e. The van der Waals surface area contributed by atoms with E-state index < -0.39 is 0 Å². The summed E-state index contributed by atoms with van der Waals surface area (Å²) < 4.78 is 0. The summed E-state index contributed by atoms with van der Waals surface area (Å²) in [5.74, 6) is 5.40. The van der Waals surface area contributed by atoms with Gasteiger partial charge in [0, 0.05) is 24.9 Å². The first-order chi connectivity index (χ1) is 9.70. The Morgan fingerprint density at radius 1 is 1.20 bits per heavy atom. The van der Waals surface area contributed by atoms with Crippen LogP contribution in [0.2, 0.25) is 0 Å². The van der Waals surface area contributed by atoms with Gasteiger partial charge in [0.05, 0.1) is 0 Å². The second-order valence-electron chi connectivity index (χ2n) is 7.01. The molecule has 2 nitrogen and oxygen atoms in total. The summed E-state index contributed by atoms with van der Waals surface area (Å²) in [4.78, 5) is 2.75. The number of hydrogen-bond donors (Lipinski definition) is 1. The quantitative estimate of drug-likeness (QED) is 0.836. The highest BCUT2D eigenvalue weighted by Crippen LogP contribution is 2.34. The maximum Gasteiger partial charge on any atom is 0.0108 e. The number of hydrogen-bond acceptors (Lipinski definition) is 3. The summed E-state index contributed by atoms with van der Waals surface area (Å²) in [5, 5.41) is 3.77. The van der Waals surface area contributed by atoms with Crippen molar-refractivity contribution in [1.29, 1.82) is 0 Å². The van der Waals surface area contributed by atoms with Crippen molar-refractivity contribution < 1.29 is 0 Å². The van der Waals surface area contributed by atoms with Crippen molar-refractivity contribution in [2.24, 2.45) is 17.8 Å². The lowest BCUT2D eigenvalue weighted by molar-refractivity contribution is 0.125. The third-order valence-corrected chi connectivity index (χ3v) is 6.29. The molecule has 1 heterocycles. The fraction of sp³-hybridized carbons (Fsp3) is 1.00. The van der Waals surface area contributed by atoms with Gasteiger partial charge in [0.15, 0.2) is 0 Å². The monoisotopic (exact) mass is 298 g/mol. The Morgan fingerprint density at radius 3 is 2.80 bits per heavy atom. The minimum Gasteiger partial charge on any atom is -0.314 e. The van der Waals surface area contributed by atoms with E-state index in [1.54, 1.807) is 0 Å². The Hall–Kier alpha value is 0.270. The Balaban J connectivity index is 1.91. The predicted molar refractivity (Wildman–Crippen MR) is 91.5 cm³/mol. The van der Waals surface area contributed by atoms with Crippen LogP contribution in [0.1, 0.15) is 46.5 Å². The van der Waals surface area contributed by atoms with Crippen LogP contribution in [0.4, 0.5) is 0 Å². The molecule has 20 heavy (non-hydrogen) atoms. The number of nitrogens with zero attached hydrogens (tertiary/aromatic N) is 1. The van der Waals surface area contributed by atoms with Gasteiger partial charge in [-0.15, -0.1) is 0 Å². The molecule has 0 spiro atoms. The van der Waals surface area contributed by atoms with Crippen LogP contribution < -0.4 is 5.32 Å².